The molecule has 6 rings (SSSR count). The first-order chi connectivity index (χ1) is 20.3. The fourth-order valence-corrected chi connectivity index (χ4v) is 5.99. The maximum Gasteiger partial charge on any atom is 0.411 e. The zero-order chi connectivity index (χ0) is 29.4. The molecular weight excluding hydrogens is 563 g/mol. The number of carbonyl (C=O) groups excluding carboxylic acids is 1. The topological polar surface area (TPSA) is 155 Å². The van der Waals surface area contributed by atoms with Gasteiger partial charge in [-0.15, -0.1) is 6.58 Å². The monoisotopic (exact) mass is 590 g/mol. The summed E-state index contributed by atoms with van der Waals surface area (Å²) in [4.78, 5) is 33.7. The molecule has 1 unspecified atom stereocenters. The van der Waals surface area contributed by atoms with Crippen molar-refractivity contribution in [3.63, 3.8) is 0 Å². The van der Waals surface area contributed by atoms with Crippen LogP contribution in [-0.2, 0) is 17.0 Å². The molecule has 4 aromatic rings. The maximum absolute atomic E-state index is 17.4. The molecule has 1 amide bonds. The predicted molar refractivity (Wildman–Crippen MR) is 153 cm³/mol. The quantitative estimate of drug-likeness (QED) is 0.173. The van der Waals surface area contributed by atoms with E-state index < -0.39 is 17.7 Å². The third-order valence-corrected chi connectivity index (χ3v) is 8.06. The van der Waals surface area contributed by atoms with Gasteiger partial charge in [-0.05, 0) is 55.7 Å². The second-order valence-corrected chi connectivity index (χ2v) is 11.0. The molecule has 0 saturated heterocycles. The molecule has 5 heterocycles. The van der Waals surface area contributed by atoms with Gasteiger partial charge in [0.05, 0.1) is 11.6 Å². The van der Waals surface area contributed by atoms with Crippen molar-refractivity contribution in [3.05, 3.63) is 71.8 Å². The highest BCUT2D eigenvalue weighted by molar-refractivity contribution is 6.30. The number of fused-ring (bicyclic) bond motifs is 2. The number of primary amides is 1. The lowest BCUT2D eigenvalue weighted by Crippen LogP contribution is -2.34. The summed E-state index contributed by atoms with van der Waals surface area (Å²) in [7, 11) is 0. The van der Waals surface area contributed by atoms with Gasteiger partial charge in [0.25, 0.3) is 5.90 Å². The molecule has 3 N–H and O–H groups in total. The fraction of sp³-hybridized carbons (Fsp3) is 0.345. The van der Waals surface area contributed by atoms with Gasteiger partial charge in [0.2, 0.25) is 11.5 Å². The van der Waals surface area contributed by atoms with E-state index in [-0.39, 0.29) is 41.9 Å². The number of imidazole rings is 1. The van der Waals surface area contributed by atoms with E-state index in [4.69, 9.17) is 37.2 Å². The number of nitrogens with zero attached hydrogens (tertiary/aromatic N) is 6. The van der Waals surface area contributed by atoms with Crippen LogP contribution in [0.15, 0.2) is 49.4 Å². The van der Waals surface area contributed by atoms with Crippen molar-refractivity contribution in [2.24, 2.45) is 17.6 Å². The van der Waals surface area contributed by atoms with E-state index >= 15 is 4.39 Å². The summed E-state index contributed by atoms with van der Waals surface area (Å²) in [5.74, 6) is 0.209. The Labute approximate surface area is 245 Å². The predicted octanol–water partition coefficient (Wildman–Crippen LogP) is 5.35. The van der Waals surface area contributed by atoms with E-state index in [1.54, 1.807) is 24.4 Å². The van der Waals surface area contributed by atoms with Crippen LogP contribution in [0.4, 0.5) is 9.18 Å². The Morgan fingerprint density at radius 3 is 2.83 bits per heavy atom. The Hall–Kier alpha value is -4.45. The van der Waals surface area contributed by atoms with Crippen LogP contribution in [0.3, 0.4) is 0 Å². The zero-order valence-corrected chi connectivity index (χ0v) is 23.4. The summed E-state index contributed by atoms with van der Waals surface area (Å²) in [6, 6.07) is 5.03. The van der Waals surface area contributed by atoms with Crippen LogP contribution in [-0.4, -0.2) is 48.1 Å². The summed E-state index contributed by atoms with van der Waals surface area (Å²) >= 11 is 6.30. The molecule has 4 aromatic heterocycles. The van der Waals surface area contributed by atoms with Crippen LogP contribution in [0.1, 0.15) is 49.4 Å². The largest absolute Gasteiger partial charge is 0.491 e. The van der Waals surface area contributed by atoms with Gasteiger partial charge in [0, 0.05) is 37.1 Å². The maximum atomic E-state index is 17.4. The smallest absolute Gasteiger partial charge is 0.411 e. The van der Waals surface area contributed by atoms with E-state index in [1.165, 1.54) is 12.4 Å². The van der Waals surface area contributed by atoms with Gasteiger partial charge in [-0.1, -0.05) is 17.7 Å². The first-order valence-corrected chi connectivity index (χ1v) is 14.0. The van der Waals surface area contributed by atoms with E-state index in [0.29, 0.717) is 40.0 Å². The Bertz CT molecular complexity index is 1700. The Morgan fingerprint density at radius 2 is 2.10 bits per heavy atom. The molecule has 1 aliphatic heterocycles. The first kappa shape index (κ1) is 27.7. The van der Waals surface area contributed by atoms with Crippen molar-refractivity contribution >= 4 is 34.8 Å². The lowest BCUT2D eigenvalue weighted by atomic mass is 9.82. The number of pyridine rings is 2. The normalized spacial score (nSPS) is 21.8. The van der Waals surface area contributed by atoms with Gasteiger partial charge < -0.3 is 19.8 Å². The molecule has 216 valence electrons. The minimum absolute atomic E-state index is 0.0154. The van der Waals surface area contributed by atoms with Crippen LogP contribution in [0.5, 0.6) is 5.75 Å². The van der Waals surface area contributed by atoms with Gasteiger partial charge in [0.1, 0.15) is 22.7 Å². The number of aromatic nitrogens is 6. The number of nitrogens with two attached hydrogens (primary N) is 1. The molecule has 1 fully saturated rings. The number of halogens is 2. The van der Waals surface area contributed by atoms with E-state index in [1.807, 2.05) is 10.6 Å². The Kier molecular flexibility index (Phi) is 7.31. The van der Waals surface area contributed by atoms with Crippen molar-refractivity contribution in [2.45, 2.75) is 44.3 Å². The van der Waals surface area contributed by atoms with Crippen LogP contribution in [0, 0.1) is 17.2 Å². The molecular formula is C29H28ClFN8O3. The molecule has 42 heavy (non-hydrogen) atoms. The second kappa shape index (κ2) is 11.1. The summed E-state index contributed by atoms with van der Waals surface area (Å²) in [6.45, 7) is 4.53. The Morgan fingerprint density at radius 1 is 1.29 bits per heavy atom. The van der Waals surface area contributed by atoms with Crippen LogP contribution >= 0.6 is 11.6 Å². The van der Waals surface area contributed by atoms with Crippen molar-refractivity contribution < 1.29 is 18.7 Å². The number of carbonyl (C=O) groups is 1. The number of allylic oxidation sites excluding steroid dienone is 1. The summed E-state index contributed by atoms with van der Waals surface area (Å²) in [5, 5.41) is 8.59. The van der Waals surface area contributed by atoms with E-state index in [0.717, 1.165) is 25.7 Å². The number of nitrogens with one attached hydrogen (secondary N) is 1. The van der Waals surface area contributed by atoms with Gasteiger partial charge >= 0.3 is 6.09 Å². The molecule has 11 nitrogen and oxygen atoms in total. The lowest BCUT2D eigenvalue weighted by molar-refractivity contribution is 0.110. The number of hydrogen-bond acceptors (Lipinski definition) is 9. The Balaban J connectivity index is 1.60. The average molecular weight is 591 g/mol. The number of hydrogen-bond donors (Lipinski definition) is 2. The minimum Gasteiger partial charge on any atom is -0.491 e. The zero-order valence-electron chi connectivity index (χ0n) is 22.6. The highest BCUT2D eigenvalue weighted by Gasteiger charge is 2.46. The number of alkyl halides is 1. The molecule has 13 heteroatoms. The van der Waals surface area contributed by atoms with Crippen LogP contribution in [0.25, 0.3) is 22.4 Å². The third-order valence-electron chi connectivity index (χ3n) is 7.86. The highest BCUT2D eigenvalue weighted by atomic mass is 35.5. The molecule has 0 aromatic carbocycles. The number of amides is 1. The van der Waals surface area contributed by atoms with Crippen LogP contribution < -0.4 is 10.5 Å². The third kappa shape index (κ3) is 5.06. The minimum atomic E-state index is -2.10. The van der Waals surface area contributed by atoms with Crippen molar-refractivity contribution in [2.75, 3.05) is 6.61 Å². The molecule has 0 spiro atoms. The highest BCUT2D eigenvalue weighted by Crippen LogP contribution is 2.45. The molecule has 1 aliphatic carbocycles. The van der Waals surface area contributed by atoms with Gasteiger partial charge in [-0.3, -0.25) is 15.4 Å². The molecule has 0 radical (unpaired) electrons. The van der Waals surface area contributed by atoms with Gasteiger partial charge in [-0.2, -0.15) is 0 Å². The van der Waals surface area contributed by atoms with E-state index in [2.05, 4.69) is 26.5 Å². The molecule has 1 atom stereocenters. The molecule has 2 aliphatic rings. The molecule has 0 bridgehead atoms. The number of ether oxygens (including phenoxy) is 2. The second-order valence-electron chi connectivity index (χ2n) is 10.5. The van der Waals surface area contributed by atoms with Gasteiger partial charge in [-0.25, -0.2) is 24.1 Å². The van der Waals surface area contributed by atoms with Crippen molar-refractivity contribution in [3.8, 4) is 17.0 Å². The standard InChI is InChI=1S/C29H28ClFN8O3/c1-2-16-5-7-17(8-6-16)15-39-22-21(18-12-19(30)14-34-13-18)36-26(24(32)42-28(33)40)37-25(22)38-27(39)29(31)9-11-41-20-4-3-10-35-23(20)29/h2-4,10,12-14,16-17,32H,1,5-9,11,15H2,(H2,33,40). The lowest BCUT2D eigenvalue weighted by Gasteiger charge is -2.32. The van der Waals surface area contributed by atoms with Crippen molar-refractivity contribution in [1.29, 1.82) is 5.41 Å². The fourth-order valence-electron chi connectivity index (χ4n) is 5.81. The van der Waals surface area contributed by atoms with Crippen molar-refractivity contribution in [1.82, 2.24) is 29.5 Å². The first-order valence-electron chi connectivity index (χ1n) is 13.6. The average Bonchev–Trinajstić information content (AvgIpc) is 3.36. The summed E-state index contributed by atoms with van der Waals surface area (Å²) < 4.78 is 29.8. The van der Waals surface area contributed by atoms with Gasteiger partial charge in [0.15, 0.2) is 11.5 Å². The van der Waals surface area contributed by atoms with E-state index in [9.17, 15) is 4.79 Å². The SMILES string of the molecule is C=CC1CCC(Cn2c(C3(F)CCOc4cccnc43)nc3nc(C(=N)OC(N)=O)nc(-c4cncc(Cl)c4)c32)CC1. The summed E-state index contributed by atoms with van der Waals surface area (Å²) in [5.41, 5.74) is 4.52. The number of rotatable bonds is 6. The van der Waals surface area contributed by atoms with Crippen LogP contribution in [0.2, 0.25) is 5.02 Å². The summed E-state index contributed by atoms with van der Waals surface area (Å²) in [6.07, 6.45) is 9.18. The molecule has 1 saturated carbocycles.